The summed E-state index contributed by atoms with van der Waals surface area (Å²) in [7, 11) is 0. The highest BCUT2D eigenvalue weighted by Gasteiger charge is 2.21. The molecule has 1 aliphatic rings. The first-order valence-electron chi connectivity index (χ1n) is 5.24. The minimum atomic E-state index is 0.542. The van der Waals surface area contributed by atoms with E-state index in [1.165, 1.54) is 0 Å². The number of thioether (sulfide) groups is 1. The average molecular weight is 269 g/mol. The molecule has 90 valence electrons. The number of rotatable bonds is 5. The third kappa shape index (κ3) is 2.80. The SMILES string of the molecule is c1coc(CNc2nnc(SC3COC3)s2)c1. The number of hydrogen-bond donors (Lipinski definition) is 1. The number of nitrogens with one attached hydrogen (secondary N) is 1. The molecule has 0 radical (unpaired) electrons. The molecule has 1 aliphatic heterocycles. The van der Waals surface area contributed by atoms with Crippen LogP contribution < -0.4 is 5.32 Å². The standard InChI is InChI=1S/C10H11N3O2S2/c1-2-7(15-3-1)4-11-9-12-13-10(17-9)16-8-5-14-6-8/h1-3,8H,4-6H2,(H,11,12). The Bertz CT molecular complexity index is 468. The van der Waals surface area contributed by atoms with E-state index >= 15 is 0 Å². The second-order valence-corrected chi connectivity index (χ2v) is 6.11. The minimum Gasteiger partial charge on any atom is -0.467 e. The summed E-state index contributed by atoms with van der Waals surface area (Å²) >= 11 is 3.30. The third-order valence-electron chi connectivity index (χ3n) is 2.28. The largest absolute Gasteiger partial charge is 0.467 e. The zero-order valence-corrected chi connectivity index (χ0v) is 10.6. The number of aromatic nitrogens is 2. The van der Waals surface area contributed by atoms with Crippen LogP contribution in [0.25, 0.3) is 0 Å². The van der Waals surface area contributed by atoms with Gasteiger partial charge in [0.25, 0.3) is 0 Å². The van der Waals surface area contributed by atoms with Gasteiger partial charge in [-0.05, 0) is 12.1 Å². The smallest absolute Gasteiger partial charge is 0.206 e. The van der Waals surface area contributed by atoms with Crippen molar-refractivity contribution >= 4 is 28.2 Å². The molecular formula is C10H11N3O2S2. The van der Waals surface area contributed by atoms with Gasteiger partial charge in [0, 0.05) is 0 Å². The van der Waals surface area contributed by atoms with Crippen LogP contribution in [0.5, 0.6) is 0 Å². The Morgan fingerprint density at radius 1 is 1.47 bits per heavy atom. The number of hydrogen-bond acceptors (Lipinski definition) is 7. The Morgan fingerprint density at radius 3 is 3.12 bits per heavy atom. The summed E-state index contributed by atoms with van der Waals surface area (Å²) in [5.74, 6) is 0.891. The molecule has 17 heavy (non-hydrogen) atoms. The number of ether oxygens (including phenoxy) is 1. The maximum absolute atomic E-state index is 5.23. The summed E-state index contributed by atoms with van der Waals surface area (Å²) < 4.78 is 11.3. The van der Waals surface area contributed by atoms with Crippen molar-refractivity contribution in [3.8, 4) is 0 Å². The molecule has 3 rings (SSSR count). The van der Waals surface area contributed by atoms with Crippen molar-refractivity contribution in [2.24, 2.45) is 0 Å². The van der Waals surface area contributed by atoms with Gasteiger partial charge < -0.3 is 14.5 Å². The van der Waals surface area contributed by atoms with Gasteiger partial charge in [-0.2, -0.15) is 0 Å². The van der Waals surface area contributed by atoms with Crippen LogP contribution in [0.15, 0.2) is 27.2 Å². The van der Waals surface area contributed by atoms with Gasteiger partial charge in [-0.15, -0.1) is 10.2 Å². The molecule has 7 heteroatoms. The quantitative estimate of drug-likeness (QED) is 0.898. The molecule has 1 saturated heterocycles. The van der Waals surface area contributed by atoms with E-state index in [9.17, 15) is 0 Å². The highest BCUT2D eigenvalue weighted by Crippen LogP contribution is 2.31. The zero-order chi connectivity index (χ0) is 11.5. The Kier molecular flexibility index (Phi) is 3.30. The van der Waals surface area contributed by atoms with Gasteiger partial charge in [0.15, 0.2) is 4.34 Å². The van der Waals surface area contributed by atoms with E-state index in [2.05, 4.69) is 15.5 Å². The summed E-state index contributed by atoms with van der Waals surface area (Å²) in [6.45, 7) is 2.28. The molecule has 0 aromatic carbocycles. The van der Waals surface area contributed by atoms with Gasteiger partial charge in [-0.3, -0.25) is 0 Å². The minimum absolute atomic E-state index is 0.542. The van der Waals surface area contributed by atoms with Crippen LogP contribution in [-0.4, -0.2) is 28.7 Å². The molecule has 0 saturated carbocycles. The van der Waals surface area contributed by atoms with Crippen molar-refractivity contribution in [3.63, 3.8) is 0 Å². The highest BCUT2D eigenvalue weighted by atomic mass is 32.2. The summed E-state index contributed by atoms with van der Waals surface area (Å²) in [6.07, 6.45) is 1.66. The lowest BCUT2D eigenvalue weighted by Crippen LogP contribution is -2.29. The maximum Gasteiger partial charge on any atom is 0.206 e. The molecule has 0 atom stereocenters. The first kappa shape index (κ1) is 11.1. The Hall–Kier alpha value is -1.05. The van der Waals surface area contributed by atoms with Crippen molar-refractivity contribution in [1.82, 2.24) is 10.2 Å². The van der Waals surface area contributed by atoms with Crippen LogP contribution in [0, 0.1) is 0 Å². The van der Waals surface area contributed by atoms with Gasteiger partial charge in [0.05, 0.1) is 31.3 Å². The van der Waals surface area contributed by atoms with Crippen LogP contribution in [0.4, 0.5) is 5.13 Å². The normalized spacial score (nSPS) is 15.8. The summed E-state index contributed by atoms with van der Waals surface area (Å²) in [5.41, 5.74) is 0. The van der Waals surface area contributed by atoms with Gasteiger partial charge in [0.1, 0.15) is 5.76 Å². The fourth-order valence-corrected chi connectivity index (χ4v) is 3.34. The van der Waals surface area contributed by atoms with E-state index in [-0.39, 0.29) is 0 Å². The van der Waals surface area contributed by atoms with E-state index < -0.39 is 0 Å². The van der Waals surface area contributed by atoms with E-state index in [0.717, 1.165) is 28.4 Å². The fourth-order valence-electron chi connectivity index (χ4n) is 1.33. The summed E-state index contributed by atoms with van der Waals surface area (Å²) in [5, 5.41) is 12.8. The molecule has 0 spiro atoms. The van der Waals surface area contributed by atoms with Gasteiger partial charge in [-0.25, -0.2) is 0 Å². The van der Waals surface area contributed by atoms with E-state index in [0.29, 0.717) is 11.8 Å². The summed E-state index contributed by atoms with van der Waals surface area (Å²) in [6, 6.07) is 3.80. The number of nitrogens with zero attached hydrogens (tertiary/aromatic N) is 2. The molecule has 2 aromatic heterocycles. The van der Waals surface area contributed by atoms with Crippen LogP contribution in [-0.2, 0) is 11.3 Å². The maximum atomic E-state index is 5.23. The first-order chi connectivity index (χ1) is 8.40. The van der Waals surface area contributed by atoms with Crippen molar-refractivity contribution in [3.05, 3.63) is 24.2 Å². The molecule has 3 heterocycles. The predicted molar refractivity (Wildman–Crippen MR) is 66.4 cm³/mol. The topological polar surface area (TPSA) is 60.2 Å². The lowest BCUT2D eigenvalue weighted by molar-refractivity contribution is 0.0455. The molecule has 1 fully saturated rings. The lowest BCUT2D eigenvalue weighted by Gasteiger charge is -2.23. The van der Waals surface area contributed by atoms with E-state index in [1.807, 2.05) is 12.1 Å². The number of furan rings is 1. The molecule has 2 aromatic rings. The molecule has 0 bridgehead atoms. The second-order valence-electron chi connectivity index (χ2n) is 3.58. The van der Waals surface area contributed by atoms with Crippen LogP contribution in [0.1, 0.15) is 5.76 Å². The van der Waals surface area contributed by atoms with Gasteiger partial charge in [0.2, 0.25) is 5.13 Å². The van der Waals surface area contributed by atoms with Crippen molar-refractivity contribution in [2.45, 2.75) is 16.1 Å². The van der Waals surface area contributed by atoms with Crippen molar-refractivity contribution < 1.29 is 9.15 Å². The molecule has 1 N–H and O–H groups in total. The molecule has 0 amide bonds. The average Bonchev–Trinajstić information content (AvgIpc) is 2.92. The molecule has 0 aliphatic carbocycles. The summed E-state index contributed by atoms with van der Waals surface area (Å²) in [4.78, 5) is 0. The molecule has 0 unspecified atom stereocenters. The van der Waals surface area contributed by atoms with Gasteiger partial charge in [-0.1, -0.05) is 23.1 Å². The Balaban J connectivity index is 1.53. The number of anilines is 1. The lowest BCUT2D eigenvalue weighted by atomic mass is 10.4. The van der Waals surface area contributed by atoms with E-state index in [1.54, 1.807) is 29.4 Å². The molecule has 5 nitrogen and oxygen atoms in total. The fraction of sp³-hybridized carbons (Fsp3) is 0.400. The third-order valence-corrected chi connectivity index (χ3v) is 4.38. The Morgan fingerprint density at radius 2 is 2.41 bits per heavy atom. The van der Waals surface area contributed by atoms with Crippen LogP contribution in [0.3, 0.4) is 0 Å². The Labute approximate surface area is 107 Å². The second kappa shape index (κ2) is 5.07. The van der Waals surface area contributed by atoms with E-state index in [4.69, 9.17) is 9.15 Å². The predicted octanol–water partition coefficient (Wildman–Crippen LogP) is 2.23. The van der Waals surface area contributed by atoms with Gasteiger partial charge >= 0.3 is 0 Å². The highest BCUT2D eigenvalue weighted by molar-refractivity contribution is 8.01. The monoisotopic (exact) mass is 269 g/mol. The van der Waals surface area contributed by atoms with Crippen molar-refractivity contribution in [1.29, 1.82) is 0 Å². The van der Waals surface area contributed by atoms with Crippen LogP contribution in [0.2, 0.25) is 0 Å². The zero-order valence-electron chi connectivity index (χ0n) is 8.96. The van der Waals surface area contributed by atoms with Crippen molar-refractivity contribution in [2.75, 3.05) is 18.5 Å². The molecular weight excluding hydrogens is 258 g/mol. The first-order valence-corrected chi connectivity index (χ1v) is 6.94. The van der Waals surface area contributed by atoms with Crippen LogP contribution >= 0.6 is 23.1 Å².